The Kier molecular flexibility index (Phi) is 8.34. The zero-order valence-corrected chi connectivity index (χ0v) is 29.8. The van der Waals surface area contributed by atoms with Crippen LogP contribution in [0.1, 0.15) is 30.9 Å². The molecule has 15 nitrogen and oxygen atoms in total. The van der Waals surface area contributed by atoms with Gasteiger partial charge in [-0.15, -0.1) is 0 Å². The van der Waals surface area contributed by atoms with E-state index in [1.807, 2.05) is 23.3 Å². The highest BCUT2D eigenvalue weighted by molar-refractivity contribution is 5.94. The number of aryl methyl sites for hydroxylation is 1. The minimum atomic E-state index is -0.678. The number of phenols is 1. The smallest absolute Gasteiger partial charge is 0.245 e. The van der Waals surface area contributed by atoms with Crippen molar-refractivity contribution in [3.05, 3.63) is 72.1 Å². The van der Waals surface area contributed by atoms with Crippen LogP contribution < -0.4 is 10.2 Å². The van der Waals surface area contributed by atoms with E-state index >= 15 is 4.39 Å². The molecule has 17 heteroatoms. The highest BCUT2D eigenvalue weighted by Crippen LogP contribution is 2.37. The molecule has 0 saturated carbocycles. The Hall–Kier alpha value is -5.81. The molecule has 0 radical (unpaired) electrons. The van der Waals surface area contributed by atoms with E-state index in [0.717, 1.165) is 11.6 Å². The molecule has 3 aliphatic heterocycles. The quantitative estimate of drug-likeness (QED) is 0.263. The van der Waals surface area contributed by atoms with Crippen LogP contribution in [0, 0.1) is 18.6 Å². The molecular formula is C37H37F2N11O4. The van der Waals surface area contributed by atoms with E-state index in [4.69, 9.17) is 24.4 Å². The summed E-state index contributed by atoms with van der Waals surface area (Å²) in [6.45, 7) is 6.00. The topological polar surface area (TPSA) is 161 Å². The number of ether oxygens (including phenoxy) is 2. The first-order chi connectivity index (χ1) is 26.1. The van der Waals surface area contributed by atoms with E-state index in [2.05, 4.69) is 20.4 Å². The number of fused-ring (bicyclic) bond motifs is 6. The number of nitrogens with zero attached hydrogens (tertiary/aromatic N) is 10. The Balaban J connectivity index is 1.17. The van der Waals surface area contributed by atoms with Crippen LogP contribution >= 0.6 is 0 Å². The summed E-state index contributed by atoms with van der Waals surface area (Å²) in [5.41, 5.74) is 2.93. The van der Waals surface area contributed by atoms with E-state index < -0.39 is 23.8 Å². The Bertz CT molecular complexity index is 2430. The highest BCUT2D eigenvalue weighted by Gasteiger charge is 2.42. The number of hydrogen-bond acceptors (Lipinski definition) is 12. The number of aromatic hydroxyl groups is 1. The largest absolute Gasteiger partial charge is 0.506 e. The Morgan fingerprint density at radius 2 is 1.89 bits per heavy atom. The number of imidazole rings is 1. The lowest BCUT2D eigenvalue weighted by molar-refractivity contribution is -0.133. The van der Waals surface area contributed by atoms with Gasteiger partial charge in [-0.3, -0.25) is 4.79 Å². The number of halogens is 2. The summed E-state index contributed by atoms with van der Waals surface area (Å²) in [6.07, 6.45) is 3.17. The van der Waals surface area contributed by atoms with Crippen molar-refractivity contribution in [3.8, 4) is 22.7 Å². The van der Waals surface area contributed by atoms with Crippen molar-refractivity contribution >= 4 is 39.7 Å². The van der Waals surface area contributed by atoms with E-state index in [1.54, 1.807) is 30.4 Å². The van der Waals surface area contributed by atoms with Gasteiger partial charge in [0.05, 0.1) is 60.1 Å². The number of aromatic nitrogens is 8. The molecule has 6 aromatic rings. The number of nitrogens with one attached hydrogen (secondary N) is 1. The second-order valence-corrected chi connectivity index (χ2v) is 14.0. The van der Waals surface area contributed by atoms with Crippen molar-refractivity contribution in [1.29, 1.82) is 0 Å². The Morgan fingerprint density at radius 3 is 2.67 bits per heavy atom. The van der Waals surface area contributed by atoms with Crippen LogP contribution in [0.25, 0.3) is 39.0 Å². The number of rotatable bonds is 5. The van der Waals surface area contributed by atoms with Gasteiger partial charge in [-0.05, 0) is 44.5 Å². The molecule has 2 N–H and O–H groups in total. The molecule has 7 heterocycles. The molecule has 278 valence electrons. The fraction of sp³-hybridized carbons (Fsp3) is 0.378. The summed E-state index contributed by atoms with van der Waals surface area (Å²) in [5, 5.41) is 19.2. The predicted molar refractivity (Wildman–Crippen MR) is 194 cm³/mol. The van der Waals surface area contributed by atoms with Crippen LogP contribution in [-0.2, 0) is 20.8 Å². The van der Waals surface area contributed by atoms with E-state index in [9.17, 15) is 14.3 Å². The summed E-state index contributed by atoms with van der Waals surface area (Å²) in [6, 6.07) is 7.31. The maximum absolute atomic E-state index is 15.1. The van der Waals surface area contributed by atoms with Gasteiger partial charge in [0, 0.05) is 56.7 Å². The third-order valence-corrected chi connectivity index (χ3v) is 10.4. The summed E-state index contributed by atoms with van der Waals surface area (Å²) in [7, 11) is 1.76. The summed E-state index contributed by atoms with van der Waals surface area (Å²) < 4.78 is 44.2. The summed E-state index contributed by atoms with van der Waals surface area (Å²) >= 11 is 0. The molecule has 2 fully saturated rings. The predicted octanol–water partition coefficient (Wildman–Crippen LogP) is 3.96. The van der Waals surface area contributed by atoms with Gasteiger partial charge in [0.15, 0.2) is 5.65 Å². The van der Waals surface area contributed by atoms with Gasteiger partial charge in [0.1, 0.15) is 46.6 Å². The fourth-order valence-corrected chi connectivity index (χ4v) is 7.74. The number of anilines is 2. The van der Waals surface area contributed by atoms with Crippen LogP contribution in [-0.4, -0.2) is 113 Å². The zero-order chi connectivity index (χ0) is 37.2. The van der Waals surface area contributed by atoms with Gasteiger partial charge in [-0.1, -0.05) is 0 Å². The molecule has 4 aromatic heterocycles. The van der Waals surface area contributed by atoms with Crippen LogP contribution in [0.4, 0.5) is 20.5 Å². The third-order valence-electron chi connectivity index (χ3n) is 10.4. The monoisotopic (exact) mass is 737 g/mol. The molecule has 0 aliphatic carbocycles. The molecule has 1 amide bonds. The molecule has 3 aliphatic rings. The van der Waals surface area contributed by atoms with Crippen LogP contribution in [0.2, 0.25) is 0 Å². The molecule has 2 saturated heterocycles. The molecule has 2 aromatic carbocycles. The lowest BCUT2D eigenvalue weighted by Crippen LogP contribution is -2.47. The number of benzene rings is 2. The highest BCUT2D eigenvalue weighted by atomic mass is 19.1. The number of carbonyl (C=O) groups excluding carboxylic acids is 1. The lowest BCUT2D eigenvalue weighted by Gasteiger charge is -2.32. The zero-order valence-electron chi connectivity index (χ0n) is 29.8. The van der Waals surface area contributed by atoms with Gasteiger partial charge in [-0.25, -0.2) is 38.4 Å². The van der Waals surface area contributed by atoms with Gasteiger partial charge in [0.25, 0.3) is 0 Å². The molecule has 3 atom stereocenters. The summed E-state index contributed by atoms with van der Waals surface area (Å²) in [4.78, 5) is 42.3. The second kappa shape index (κ2) is 13.2. The number of amides is 1. The summed E-state index contributed by atoms with van der Waals surface area (Å²) in [5.74, 6) is 0.427. The number of likely N-dealkylation sites (N-methyl/N-ethyl adjacent to an activating group) is 1. The molecule has 9 rings (SSSR count). The van der Waals surface area contributed by atoms with Gasteiger partial charge in [0.2, 0.25) is 11.9 Å². The van der Waals surface area contributed by atoms with E-state index in [1.165, 1.54) is 28.9 Å². The first-order valence-electron chi connectivity index (χ1n) is 17.9. The SMILES string of the molecule is CCO[C@H]1CN(C)C(=O)[C@@H]2C[C@@H](CN2c2nc(C3COC3)nc3c2cnn3-c2ccc(F)cc2O)Nc2nccc(n2)-c2cc(F)cc3nc(C)n(c23)C1. The molecule has 54 heavy (non-hydrogen) atoms. The standard InChI is InChI=1S/C37H37F2N11O4/c1-4-54-24-15-47(3)36(52)30-12-23(43-37-40-8-7-27(44-37)25-9-22(39)10-28-32(25)48(16-24)19(2)42-28)14-49(30)34-26-13-41-50(29-6-5-21(38)11-31(29)51)35(26)46-33(45-34)20-17-53-18-20/h5-11,13,20,23-24,30,51H,4,12,14-18H2,1-3H3,(H,40,43,44)/t23-,24-,30-/m0/s1. The number of hydrogen-bond donors (Lipinski definition) is 2. The van der Waals surface area contributed by atoms with Gasteiger partial charge in [-0.2, -0.15) is 5.10 Å². The average molecular weight is 738 g/mol. The average Bonchev–Trinajstić information content (AvgIpc) is 3.81. The molecule has 0 spiro atoms. The number of phenolic OH excluding ortho intramolecular Hbond substituents is 1. The van der Waals surface area contributed by atoms with Crippen LogP contribution in [0.5, 0.6) is 5.75 Å². The molecule has 0 unspecified atom stereocenters. The van der Waals surface area contributed by atoms with E-state index in [0.29, 0.717) is 90.6 Å². The lowest BCUT2D eigenvalue weighted by atomic mass is 10.1. The minimum Gasteiger partial charge on any atom is -0.506 e. The Morgan fingerprint density at radius 1 is 1.04 bits per heavy atom. The fourth-order valence-electron chi connectivity index (χ4n) is 7.74. The van der Waals surface area contributed by atoms with Gasteiger partial charge >= 0.3 is 0 Å². The van der Waals surface area contributed by atoms with Crippen molar-refractivity contribution in [2.75, 3.05) is 50.2 Å². The minimum absolute atomic E-state index is 0.0916. The molecule has 4 bridgehead atoms. The van der Waals surface area contributed by atoms with Crippen molar-refractivity contribution < 1.29 is 28.2 Å². The normalized spacial score (nSPS) is 20.6. The first-order valence-corrected chi connectivity index (χ1v) is 17.9. The van der Waals surface area contributed by atoms with Crippen molar-refractivity contribution in [2.45, 2.75) is 50.9 Å². The molecular weight excluding hydrogens is 700 g/mol. The van der Waals surface area contributed by atoms with Crippen molar-refractivity contribution in [2.24, 2.45) is 0 Å². The first kappa shape index (κ1) is 34.0. The Labute approximate surface area is 307 Å². The maximum Gasteiger partial charge on any atom is 0.245 e. The second-order valence-electron chi connectivity index (χ2n) is 14.0. The third kappa shape index (κ3) is 5.83. The van der Waals surface area contributed by atoms with Crippen molar-refractivity contribution in [3.63, 3.8) is 0 Å². The van der Waals surface area contributed by atoms with Crippen LogP contribution in [0.3, 0.4) is 0 Å². The van der Waals surface area contributed by atoms with Crippen molar-refractivity contribution in [1.82, 2.24) is 44.2 Å². The van der Waals surface area contributed by atoms with Crippen LogP contribution in [0.15, 0.2) is 48.8 Å². The number of carbonyl (C=O) groups is 1. The maximum atomic E-state index is 15.1. The van der Waals surface area contributed by atoms with Gasteiger partial charge < -0.3 is 34.3 Å². The van der Waals surface area contributed by atoms with E-state index in [-0.39, 0.29) is 35.8 Å².